The lowest BCUT2D eigenvalue weighted by Crippen LogP contribution is -2.50. The van der Waals surface area contributed by atoms with Gasteiger partial charge in [-0.1, -0.05) is 0 Å². The van der Waals surface area contributed by atoms with E-state index in [-0.39, 0.29) is 28.3 Å². The third-order valence-electron chi connectivity index (χ3n) is 6.29. The molecular weight excluding hydrogens is 430 g/mol. The Labute approximate surface area is 178 Å². The number of likely N-dealkylation sites (tertiary alicyclic amines) is 1. The van der Waals surface area contributed by atoms with Crippen molar-refractivity contribution in [2.24, 2.45) is 5.92 Å². The Morgan fingerprint density at radius 2 is 1.67 bits per heavy atom. The fraction of sp³-hybridized carbons (Fsp3) is 0.650. The van der Waals surface area contributed by atoms with E-state index < -0.39 is 36.7 Å². The summed E-state index contributed by atoms with van der Waals surface area (Å²) in [5.41, 5.74) is 1.69. The minimum atomic E-state index is -3.96. The largest absolute Gasteiger partial charge is 0.495 e. The van der Waals surface area contributed by atoms with E-state index in [1.54, 1.807) is 12.1 Å². The number of aryl methyl sites for hydroxylation is 2. The number of methoxy groups -OCH3 is 2. The maximum absolute atomic E-state index is 13.6. The predicted molar refractivity (Wildman–Crippen MR) is 112 cm³/mol. The highest BCUT2D eigenvalue weighted by molar-refractivity contribution is 7.96. The molecule has 2 aliphatic rings. The number of esters is 1. The molecule has 0 radical (unpaired) electrons. The number of rotatable bonds is 5. The van der Waals surface area contributed by atoms with Gasteiger partial charge in [-0.25, -0.2) is 16.8 Å². The van der Waals surface area contributed by atoms with Gasteiger partial charge in [0.2, 0.25) is 0 Å². The van der Waals surface area contributed by atoms with Crippen molar-refractivity contribution in [2.75, 3.05) is 38.8 Å². The molecule has 0 aliphatic carbocycles. The fourth-order valence-electron chi connectivity index (χ4n) is 4.38. The van der Waals surface area contributed by atoms with E-state index in [0.717, 1.165) is 11.1 Å². The molecule has 0 aromatic heterocycles. The second kappa shape index (κ2) is 8.47. The molecule has 0 spiro atoms. The fourth-order valence-corrected chi connectivity index (χ4v) is 9.43. The summed E-state index contributed by atoms with van der Waals surface area (Å²) >= 11 is 0. The summed E-state index contributed by atoms with van der Waals surface area (Å²) in [5, 5.41) is -1.08. The van der Waals surface area contributed by atoms with Crippen molar-refractivity contribution in [1.82, 2.24) is 4.90 Å². The molecule has 30 heavy (non-hydrogen) atoms. The molecule has 1 aromatic rings. The van der Waals surface area contributed by atoms with Gasteiger partial charge in [-0.05, 0) is 63.0 Å². The van der Waals surface area contributed by atoms with Gasteiger partial charge in [-0.3, -0.25) is 9.69 Å². The van der Waals surface area contributed by atoms with Gasteiger partial charge in [0.05, 0.1) is 36.9 Å². The second-order valence-electron chi connectivity index (χ2n) is 8.15. The first kappa shape index (κ1) is 23.0. The Bertz CT molecular complexity index is 1030. The summed E-state index contributed by atoms with van der Waals surface area (Å²) in [5.74, 6) is -0.901. The number of benzene rings is 1. The minimum Gasteiger partial charge on any atom is -0.495 e. The quantitative estimate of drug-likeness (QED) is 0.604. The minimum absolute atomic E-state index is 0.0321. The summed E-state index contributed by atoms with van der Waals surface area (Å²) in [7, 11) is -4.72. The number of carbonyl (C=O) groups is 1. The maximum Gasteiger partial charge on any atom is 0.308 e. The Morgan fingerprint density at radius 3 is 2.23 bits per heavy atom. The van der Waals surface area contributed by atoms with Crippen LogP contribution in [-0.2, 0) is 29.2 Å². The Morgan fingerprint density at radius 1 is 1.07 bits per heavy atom. The molecule has 1 aromatic carbocycles. The van der Waals surface area contributed by atoms with E-state index in [0.29, 0.717) is 25.9 Å². The van der Waals surface area contributed by atoms with Crippen LogP contribution in [0.5, 0.6) is 5.75 Å². The zero-order valence-electron chi connectivity index (χ0n) is 17.8. The molecule has 0 amide bonds. The van der Waals surface area contributed by atoms with E-state index in [1.165, 1.54) is 14.2 Å². The van der Waals surface area contributed by atoms with Crippen molar-refractivity contribution >= 4 is 25.6 Å². The van der Waals surface area contributed by atoms with Crippen molar-refractivity contribution in [3.63, 3.8) is 0 Å². The summed E-state index contributed by atoms with van der Waals surface area (Å²) in [6.45, 7) is 4.59. The van der Waals surface area contributed by atoms with Gasteiger partial charge in [0, 0.05) is 6.04 Å². The van der Waals surface area contributed by atoms with Crippen LogP contribution >= 0.6 is 0 Å². The van der Waals surface area contributed by atoms with E-state index in [2.05, 4.69) is 0 Å². The monoisotopic (exact) mass is 459 g/mol. The van der Waals surface area contributed by atoms with Crippen LogP contribution < -0.4 is 4.74 Å². The van der Waals surface area contributed by atoms with Gasteiger partial charge in [-0.2, -0.15) is 0 Å². The van der Waals surface area contributed by atoms with E-state index in [4.69, 9.17) is 9.47 Å². The highest BCUT2D eigenvalue weighted by Crippen LogP contribution is 2.36. The van der Waals surface area contributed by atoms with Crippen molar-refractivity contribution < 1.29 is 31.1 Å². The first-order valence-corrected chi connectivity index (χ1v) is 13.3. The summed E-state index contributed by atoms with van der Waals surface area (Å²) in [4.78, 5) is 13.7. The molecular formula is C20H29NO7S2. The van der Waals surface area contributed by atoms with Crippen molar-refractivity contribution in [3.05, 3.63) is 23.3 Å². The standard InChI is InChI=1S/C20H29NO7S2/c1-13-9-17(27-3)18(10-14(13)2)30(25,26)19-12-29(23,24)11-16(19)21-7-5-15(6-8-21)20(22)28-4/h9-10,15-16,19H,5-8,11-12H2,1-4H3/t16-,19-/m0/s1. The van der Waals surface area contributed by atoms with Crippen molar-refractivity contribution in [1.29, 1.82) is 0 Å². The third kappa shape index (κ3) is 4.36. The molecule has 2 atom stereocenters. The van der Waals surface area contributed by atoms with E-state index in [9.17, 15) is 21.6 Å². The van der Waals surface area contributed by atoms with Gasteiger partial charge in [0.15, 0.2) is 19.7 Å². The molecule has 0 unspecified atom stereocenters. The zero-order chi connectivity index (χ0) is 22.3. The van der Waals surface area contributed by atoms with Crippen LogP contribution in [0, 0.1) is 19.8 Å². The predicted octanol–water partition coefficient (Wildman–Crippen LogP) is 1.14. The van der Waals surface area contributed by atoms with Gasteiger partial charge >= 0.3 is 5.97 Å². The topological polar surface area (TPSA) is 107 Å². The first-order chi connectivity index (χ1) is 14.0. The molecule has 0 saturated carbocycles. The lowest BCUT2D eigenvalue weighted by molar-refractivity contribution is -0.147. The molecule has 10 heteroatoms. The SMILES string of the molecule is COC(=O)C1CCN([C@H]2CS(=O)(=O)C[C@@H]2S(=O)(=O)c2cc(C)c(C)cc2OC)CC1. The van der Waals surface area contributed by atoms with Crippen LogP contribution in [0.4, 0.5) is 0 Å². The van der Waals surface area contributed by atoms with Crippen LogP contribution in [0.15, 0.2) is 17.0 Å². The maximum atomic E-state index is 13.6. The molecule has 2 heterocycles. The molecule has 0 bridgehead atoms. The molecule has 0 N–H and O–H groups in total. The highest BCUT2D eigenvalue weighted by Gasteiger charge is 2.49. The van der Waals surface area contributed by atoms with Crippen LogP contribution in [-0.4, -0.2) is 77.8 Å². The summed E-state index contributed by atoms with van der Waals surface area (Å²) in [6, 6.07) is 2.59. The number of hydrogen-bond acceptors (Lipinski definition) is 8. The van der Waals surface area contributed by atoms with Crippen LogP contribution in [0.25, 0.3) is 0 Å². The molecule has 8 nitrogen and oxygen atoms in total. The summed E-state index contributed by atoms with van der Waals surface area (Å²) < 4.78 is 62.2. The number of hydrogen-bond donors (Lipinski definition) is 0. The average Bonchev–Trinajstić information content (AvgIpc) is 3.05. The summed E-state index contributed by atoms with van der Waals surface area (Å²) in [6.07, 6.45) is 1.03. The smallest absolute Gasteiger partial charge is 0.308 e. The molecule has 2 saturated heterocycles. The second-order valence-corrected chi connectivity index (χ2v) is 12.4. The number of ether oxygens (including phenoxy) is 2. The number of piperidine rings is 1. The first-order valence-electron chi connectivity index (χ1n) is 9.91. The highest BCUT2D eigenvalue weighted by atomic mass is 32.2. The van der Waals surface area contributed by atoms with Gasteiger partial charge < -0.3 is 9.47 Å². The molecule has 3 rings (SSSR count). The van der Waals surface area contributed by atoms with Crippen molar-refractivity contribution in [2.45, 2.75) is 42.9 Å². The number of carbonyl (C=O) groups excluding carboxylic acids is 1. The van der Waals surface area contributed by atoms with Gasteiger partial charge in [-0.15, -0.1) is 0 Å². The van der Waals surface area contributed by atoms with Crippen LogP contribution in [0.3, 0.4) is 0 Å². The number of nitrogens with zero attached hydrogens (tertiary/aromatic N) is 1. The lowest BCUT2D eigenvalue weighted by Gasteiger charge is -2.36. The lowest BCUT2D eigenvalue weighted by atomic mass is 9.95. The van der Waals surface area contributed by atoms with Crippen LogP contribution in [0.1, 0.15) is 24.0 Å². The number of sulfone groups is 2. The normalized spacial score (nSPS) is 25.2. The van der Waals surface area contributed by atoms with E-state index >= 15 is 0 Å². The van der Waals surface area contributed by atoms with Crippen molar-refractivity contribution in [3.8, 4) is 5.75 Å². The van der Waals surface area contributed by atoms with Crippen LogP contribution in [0.2, 0.25) is 0 Å². The Kier molecular flexibility index (Phi) is 6.50. The molecule has 2 aliphatic heterocycles. The molecule has 2 fully saturated rings. The van der Waals surface area contributed by atoms with Gasteiger partial charge in [0.25, 0.3) is 0 Å². The molecule has 168 valence electrons. The zero-order valence-corrected chi connectivity index (χ0v) is 19.4. The Hall–Kier alpha value is -1.65. The third-order valence-corrected chi connectivity index (χ3v) is 10.4. The van der Waals surface area contributed by atoms with E-state index in [1.807, 2.05) is 18.7 Å². The average molecular weight is 460 g/mol. The Balaban J connectivity index is 1.94. The van der Waals surface area contributed by atoms with Gasteiger partial charge in [0.1, 0.15) is 10.6 Å².